The maximum atomic E-state index is 13.5. The zero-order chi connectivity index (χ0) is 25.6. The number of carbonyl (C=O) groups is 1. The zero-order valence-electron chi connectivity index (χ0n) is 20.2. The van der Waals surface area contributed by atoms with Crippen molar-refractivity contribution in [1.82, 2.24) is 9.97 Å². The summed E-state index contributed by atoms with van der Waals surface area (Å²) < 4.78 is 38.7. The number of rotatable bonds is 11. The number of hydrogen-bond acceptors (Lipinski definition) is 7. The first kappa shape index (κ1) is 30.8. The van der Waals surface area contributed by atoms with Gasteiger partial charge in [0.15, 0.2) is 6.10 Å². The standard InChI is InChI=1S/C23H30FN3O6S.Zn/c1-14(2)19-17(8-6-5-7-9-18(28)21(29)22(30)31)20(15-10-12-16(24)13-11-15)26-23(25-19)27(3)34(4,32)33;/h6,8,10-14,18,21,28-29H,5,7,9H2,1-4H3,(H,30,31);. The average Bonchev–Trinajstić information content (AvgIpc) is 2.77. The smallest absolute Gasteiger partial charge is 0.335 e. The Morgan fingerprint density at radius 1 is 1.17 bits per heavy atom. The van der Waals surface area contributed by atoms with Crippen LogP contribution in [0, 0.1) is 5.82 Å². The third-order valence-corrected chi connectivity index (χ3v) is 6.34. The van der Waals surface area contributed by atoms with E-state index in [4.69, 9.17) is 5.11 Å². The number of nitrogens with zero attached hydrogens (tertiary/aromatic N) is 3. The van der Waals surface area contributed by atoms with Gasteiger partial charge in [-0.05, 0) is 49.4 Å². The van der Waals surface area contributed by atoms with Gasteiger partial charge in [0.2, 0.25) is 16.0 Å². The van der Waals surface area contributed by atoms with Crippen LogP contribution in [-0.4, -0.2) is 65.2 Å². The number of anilines is 1. The van der Waals surface area contributed by atoms with E-state index in [0.29, 0.717) is 35.4 Å². The molecule has 12 heteroatoms. The molecule has 2 atom stereocenters. The Hall–Kier alpha value is -2.27. The van der Waals surface area contributed by atoms with Crippen LogP contribution in [0.4, 0.5) is 10.3 Å². The summed E-state index contributed by atoms with van der Waals surface area (Å²) in [7, 11) is -2.26. The molecule has 0 aliphatic carbocycles. The van der Waals surface area contributed by atoms with E-state index in [-0.39, 0.29) is 37.8 Å². The van der Waals surface area contributed by atoms with Gasteiger partial charge in [-0.2, -0.15) is 0 Å². The van der Waals surface area contributed by atoms with E-state index in [1.165, 1.54) is 19.2 Å². The van der Waals surface area contributed by atoms with Crippen LogP contribution in [0.15, 0.2) is 30.3 Å². The number of halogens is 1. The Balaban J connectivity index is 0.00000612. The van der Waals surface area contributed by atoms with Crippen LogP contribution in [0.5, 0.6) is 0 Å². The molecule has 1 heterocycles. The molecule has 3 N–H and O–H groups in total. The first-order valence-electron chi connectivity index (χ1n) is 10.7. The summed E-state index contributed by atoms with van der Waals surface area (Å²) in [4.78, 5) is 19.7. The normalized spacial score (nSPS) is 13.5. The Morgan fingerprint density at radius 3 is 2.29 bits per heavy atom. The van der Waals surface area contributed by atoms with Gasteiger partial charge >= 0.3 is 5.97 Å². The molecule has 35 heavy (non-hydrogen) atoms. The number of aliphatic hydroxyl groups is 2. The van der Waals surface area contributed by atoms with E-state index in [1.807, 2.05) is 13.8 Å². The number of carboxylic acid groups (broad SMARTS) is 1. The predicted molar refractivity (Wildman–Crippen MR) is 127 cm³/mol. The van der Waals surface area contributed by atoms with Crippen molar-refractivity contribution in [3.8, 4) is 11.3 Å². The zero-order valence-corrected chi connectivity index (χ0v) is 24.0. The second-order valence-corrected chi connectivity index (χ2v) is 10.3. The van der Waals surface area contributed by atoms with Crippen LogP contribution in [0.1, 0.15) is 50.3 Å². The number of allylic oxidation sites excluding steroid dienone is 1. The fourth-order valence-electron chi connectivity index (χ4n) is 3.16. The molecular weight excluding hydrogens is 531 g/mol. The van der Waals surface area contributed by atoms with Crippen molar-refractivity contribution in [2.24, 2.45) is 0 Å². The number of aliphatic carboxylic acids is 1. The number of benzene rings is 1. The third-order valence-electron chi connectivity index (χ3n) is 5.18. The minimum absolute atomic E-state index is 0. The fraction of sp³-hybridized carbons (Fsp3) is 0.435. The van der Waals surface area contributed by atoms with E-state index in [0.717, 1.165) is 10.6 Å². The molecule has 0 amide bonds. The summed E-state index contributed by atoms with van der Waals surface area (Å²) in [6.45, 7) is 3.81. The van der Waals surface area contributed by atoms with Crippen LogP contribution in [-0.2, 0) is 34.3 Å². The third kappa shape index (κ3) is 8.42. The molecule has 0 aliphatic heterocycles. The Kier molecular flexibility index (Phi) is 11.6. The molecule has 9 nitrogen and oxygen atoms in total. The van der Waals surface area contributed by atoms with E-state index in [2.05, 4.69) is 9.97 Å². The number of hydrogen-bond donors (Lipinski definition) is 3. The first-order chi connectivity index (χ1) is 15.8. The topological polar surface area (TPSA) is 141 Å². The van der Waals surface area contributed by atoms with Gasteiger partial charge in [0.1, 0.15) is 5.82 Å². The number of sulfonamides is 1. The number of aliphatic hydroxyl groups excluding tert-OH is 2. The monoisotopic (exact) mass is 559 g/mol. The summed E-state index contributed by atoms with van der Waals surface area (Å²) in [6.07, 6.45) is 2.39. The molecule has 1 aromatic heterocycles. The molecule has 2 rings (SSSR count). The van der Waals surface area contributed by atoms with Crippen LogP contribution in [0.25, 0.3) is 17.3 Å². The second-order valence-electron chi connectivity index (χ2n) is 8.25. The quantitative estimate of drug-likeness (QED) is 0.281. The van der Waals surface area contributed by atoms with Gasteiger partial charge in [-0.15, -0.1) is 0 Å². The van der Waals surface area contributed by atoms with Crippen molar-refractivity contribution in [2.75, 3.05) is 17.6 Å². The van der Waals surface area contributed by atoms with Crippen molar-refractivity contribution in [1.29, 1.82) is 0 Å². The Bertz CT molecular complexity index is 1140. The van der Waals surface area contributed by atoms with Crippen LogP contribution in [0.2, 0.25) is 0 Å². The largest absolute Gasteiger partial charge is 0.479 e. The molecule has 1 aromatic carbocycles. The van der Waals surface area contributed by atoms with Crippen molar-refractivity contribution in [3.05, 3.63) is 47.4 Å². The Morgan fingerprint density at radius 2 is 1.77 bits per heavy atom. The summed E-state index contributed by atoms with van der Waals surface area (Å²) >= 11 is 0. The van der Waals surface area contributed by atoms with Gasteiger partial charge in [-0.3, -0.25) is 0 Å². The molecule has 2 aromatic rings. The van der Waals surface area contributed by atoms with Gasteiger partial charge < -0.3 is 15.3 Å². The first-order valence-corrected chi connectivity index (χ1v) is 12.5. The fourth-order valence-corrected chi connectivity index (χ4v) is 3.54. The van der Waals surface area contributed by atoms with Crippen LogP contribution in [0.3, 0.4) is 0 Å². The summed E-state index contributed by atoms with van der Waals surface area (Å²) in [5.41, 5.74) is 2.24. The van der Waals surface area contributed by atoms with Crippen molar-refractivity contribution < 1.29 is 52.4 Å². The molecule has 0 radical (unpaired) electrons. The van der Waals surface area contributed by atoms with Gasteiger partial charge in [0.25, 0.3) is 0 Å². The van der Waals surface area contributed by atoms with Crippen molar-refractivity contribution in [3.63, 3.8) is 0 Å². The molecule has 2 unspecified atom stereocenters. The van der Waals surface area contributed by atoms with Gasteiger partial charge in [0.05, 0.1) is 23.7 Å². The van der Waals surface area contributed by atoms with Gasteiger partial charge in [-0.1, -0.05) is 26.0 Å². The van der Waals surface area contributed by atoms with E-state index in [1.54, 1.807) is 24.3 Å². The summed E-state index contributed by atoms with van der Waals surface area (Å²) in [6, 6.07) is 5.67. The molecule has 0 spiro atoms. The molecule has 0 saturated heterocycles. The molecule has 0 saturated carbocycles. The van der Waals surface area contributed by atoms with Crippen molar-refractivity contribution in [2.45, 2.75) is 51.2 Å². The van der Waals surface area contributed by atoms with Crippen LogP contribution < -0.4 is 4.31 Å². The maximum Gasteiger partial charge on any atom is 0.335 e. The summed E-state index contributed by atoms with van der Waals surface area (Å²) in [5, 5.41) is 27.9. The van der Waals surface area contributed by atoms with E-state index >= 15 is 0 Å². The molecular formula is C23H30FN3O6SZn. The SMILES string of the molecule is CC(C)c1nc(N(C)S(C)(=O)=O)nc(-c2ccc(F)cc2)c1C=CCCCC(O)C(O)C(=O)O.[Zn]. The Labute approximate surface area is 217 Å². The van der Waals surface area contributed by atoms with Gasteiger partial charge in [-0.25, -0.2) is 31.9 Å². The maximum absolute atomic E-state index is 13.5. The van der Waals surface area contributed by atoms with Crippen LogP contribution >= 0.6 is 0 Å². The molecule has 0 bridgehead atoms. The second kappa shape index (κ2) is 13.2. The minimum atomic E-state index is -3.62. The van der Waals surface area contributed by atoms with Crippen molar-refractivity contribution >= 4 is 28.0 Å². The molecule has 188 valence electrons. The molecule has 0 aliphatic rings. The predicted octanol–water partition coefficient (Wildman–Crippen LogP) is 2.79. The number of carboxylic acids is 1. The summed E-state index contributed by atoms with van der Waals surface area (Å²) in [5.74, 6) is -2.01. The average molecular weight is 561 g/mol. The number of aromatic nitrogens is 2. The van der Waals surface area contributed by atoms with E-state index < -0.39 is 34.0 Å². The molecule has 0 fully saturated rings. The minimum Gasteiger partial charge on any atom is -0.479 e. The number of unbranched alkanes of at least 4 members (excludes halogenated alkanes) is 1. The van der Waals surface area contributed by atoms with E-state index in [9.17, 15) is 27.8 Å². The van der Waals surface area contributed by atoms with Gasteiger partial charge in [0, 0.05) is 37.7 Å².